The van der Waals surface area contributed by atoms with Crippen LogP contribution in [0.5, 0.6) is 0 Å². The summed E-state index contributed by atoms with van der Waals surface area (Å²) in [4.78, 5) is 13.8. The molecule has 1 aromatic heterocycles. The van der Waals surface area contributed by atoms with Crippen molar-refractivity contribution in [3.8, 4) is 0 Å². The van der Waals surface area contributed by atoms with Crippen LogP contribution in [-0.4, -0.2) is 52.6 Å². The van der Waals surface area contributed by atoms with Crippen molar-refractivity contribution in [2.24, 2.45) is 0 Å². The summed E-state index contributed by atoms with van der Waals surface area (Å²) in [7, 11) is 1.77. The van der Waals surface area contributed by atoms with Crippen molar-refractivity contribution in [2.45, 2.75) is 0 Å². The van der Waals surface area contributed by atoms with Gasteiger partial charge in [0, 0.05) is 31.6 Å². The lowest BCUT2D eigenvalue weighted by atomic mass is 10.4. The van der Waals surface area contributed by atoms with Crippen molar-refractivity contribution in [1.82, 2.24) is 15.1 Å². The topological polar surface area (TPSA) is 58.1 Å². The van der Waals surface area contributed by atoms with E-state index in [-0.39, 0.29) is 5.91 Å². The number of hydrogen-bond donors (Lipinski definition) is 1. The third-order valence-electron chi connectivity index (χ3n) is 2.12. The largest absolute Gasteiger partial charge is 0.363 e. The number of thioether (sulfide) groups is 1. The summed E-state index contributed by atoms with van der Waals surface area (Å²) in [6.07, 6.45) is 0. The first-order valence-corrected chi connectivity index (χ1v) is 6.66. The second kappa shape index (κ2) is 4.80. The van der Waals surface area contributed by atoms with Crippen molar-refractivity contribution < 1.29 is 4.79 Å². The lowest BCUT2D eigenvalue weighted by Crippen LogP contribution is -2.37. The number of hydrogen-bond acceptors (Lipinski definition) is 6. The number of carbonyl (C=O) groups is 1. The van der Waals surface area contributed by atoms with Gasteiger partial charge in [-0.05, 0) is 0 Å². The van der Waals surface area contributed by atoms with E-state index in [0.29, 0.717) is 10.1 Å². The van der Waals surface area contributed by atoms with E-state index in [1.165, 1.54) is 11.3 Å². The van der Waals surface area contributed by atoms with Crippen LogP contribution in [0, 0.1) is 0 Å². The normalized spacial score (nSPS) is 16.5. The number of aromatic nitrogens is 2. The molecule has 5 nitrogen and oxygen atoms in total. The fourth-order valence-electron chi connectivity index (χ4n) is 1.31. The number of anilines is 1. The number of carbonyl (C=O) groups excluding carboxylic acids is 1. The summed E-state index contributed by atoms with van der Waals surface area (Å²) in [6, 6.07) is 0. The number of rotatable bonds is 2. The molecule has 1 N–H and O–H groups in total. The van der Waals surface area contributed by atoms with E-state index in [1.54, 1.807) is 7.05 Å². The van der Waals surface area contributed by atoms with Gasteiger partial charge in [-0.15, -0.1) is 10.2 Å². The maximum absolute atomic E-state index is 11.9. The Balaban J connectivity index is 2.05. The Bertz CT molecular complexity index is 348. The molecule has 0 unspecified atom stereocenters. The Morgan fingerprint density at radius 2 is 2.13 bits per heavy atom. The molecular formula is C8H12N4OS2. The van der Waals surface area contributed by atoms with Gasteiger partial charge in [0.25, 0.3) is 5.91 Å². The maximum Gasteiger partial charge on any atom is 0.284 e. The highest BCUT2D eigenvalue weighted by Crippen LogP contribution is 2.18. The summed E-state index contributed by atoms with van der Waals surface area (Å²) >= 11 is 3.19. The summed E-state index contributed by atoms with van der Waals surface area (Å²) < 4.78 is 0. The summed E-state index contributed by atoms with van der Waals surface area (Å²) in [5.41, 5.74) is 0. The third kappa shape index (κ3) is 2.40. The van der Waals surface area contributed by atoms with E-state index < -0.39 is 0 Å². The van der Waals surface area contributed by atoms with E-state index in [0.717, 1.165) is 24.6 Å². The zero-order valence-corrected chi connectivity index (χ0v) is 10.0. The van der Waals surface area contributed by atoms with Gasteiger partial charge in [-0.2, -0.15) is 11.8 Å². The summed E-state index contributed by atoms with van der Waals surface area (Å²) in [5.74, 6) is 2.04. The van der Waals surface area contributed by atoms with Crippen LogP contribution in [0.4, 0.5) is 5.13 Å². The monoisotopic (exact) mass is 244 g/mol. The van der Waals surface area contributed by atoms with Crippen LogP contribution in [0.15, 0.2) is 0 Å². The fraction of sp³-hybridized carbons (Fsp3) is 0.625. The Hall–Kier alpha value is -0.820. The minimum absolute atomic E-state index is 0.00861. The van der Waals surface area contributed by atoms with E-state index in [2.05, 4.69) is 15.5 Å². The lowest BCUT2D eigenvalue weighted by Gasteiger charge is -2.25. The third-order valence-corrected chi connectivity index (χ3v) is 3.99. The molecule has 0 atom stereocenters. The molecule has 0 radical (unpaired) electrons. The average molecular weight is 244 g/mol. The van der Waals surface area contributed by atoms with Crippen molar-refractivity contribution in [2.75, 3.05) is 37.0 Å². The summed E-state index contributed by atoms with van der Waals surface area (Å²) in [5, 5.41) is 11.8. The Morgan fingerprint density at radius 1 is 1.40 bits per heavy atom. The SMILES string of the molecule is CNc1nnc(C(=O)N2CCSCC2)s1. The Morgan fingerprint density at radius 3 is 2.73 bits per heavy atom. The zero-order valence-electron chi connectivity index (χ0n) is 8.39. The van der Waals surface area contributed by atoms with Crippen molar-refractivity contribution in [3.63, 3.8) is 0 Å². The molecule has 0 aromatic carbocycles. The lowest BCUT2D eigenvalue weighted by molar-refractivity contribution is 0.0771. The predicted octanol–water partition coefficient (Wildman–Crippen LogP) is 0.769. The molecule has 15 heavy (non-hydrogen) atoms. The summed E-state index contributed by atoms with van der Waals surface area (Å²) in [6.45, 7) is 1.63. The molecule has 2 heterocycles. The van der Waals surface area contributed by atoms with Crippen LogP contribution in [0.1, 0.15) is 9.80 Å². The first-order chi connectivity index (χ1) is 7.31. The average Bonchev–Trinajstić information content (AvgIpc) is 2.78. The van der Waals surface area contributed by atoms with E-state index >= 15 is 0 Å². The Kier molecular flexibility index (Phi) is 3.42. The van der Waals surface area contributed by atoms with Crippen molar-refractivity contribution in [1.29, 1.82) is 0 Å². The smallest absolute Gasteiger partial charge is 0.284 e. The van der Waals surface area contributed by atoms with E-state index in [4.69, 9.17) is 0 Å². The molecule has 2 rings (SSSR count). The minimum atomic E-state index is 0.00861. The molecule has 0 aliphatic carbocycles. The van der Waals surface area contributed by atoms with Crippen LogP contribution in [0.25, 0.3) is 0 Å². The molecule has 1 aromatic rings. The van der Waals surface area contributed by atoms with Gasteiger partial charge in [-0.1, -0.05) is 11.3 Å². The number of amides is 1. The quantitative estimate of drug-likeness (QED) is 0.832. The first-order valence-electron chi connectivity index (χ1n) is 4.69. The molecule has 1 amide bonds. The molecule has 82 valence electrons. The molecule has 1 aliphatic heterocycles. The zero-order chi connectivity index (χ0) is 10.7. The van der Waals surface area contributed by atoms with Gasteiger partial charge < -0.3 is 10.2 Å². The first kappa shape index (κ1) is 10.7. The number of nitrogens with zero attached hydrogens (tertiary/aromatic N) is 3. The van der Waals surface area contributed by atoms with Crippen LogP contribution >= 0.6 is 23.1 Å². The molecule has 1 saturated heterocycles. The molecule has 0 bridgehead atoms. The van der Waals surface area contributed by atoms with Gasteiger partial charge in [-0.25, -0.2) is 0 Å². The minimum Gasteiger partial charge on any atom is -0.363 e. The van der Waals surface area contributed by atoms with E-state index in [9.17, 15) is 4.79 Å². The predicted molar refractivity (Wildman–Crippen MR) is 62.7 cm³/mol. The molecule has 0 saturated carbocycles. The van der Waals surface area contributed by atoms with Crippen molar-refractivity contribution in [3.05, 3.63) is 5.01 Å². The Labute approximate surface area is 96.3 Å². The van der Waals surface area contributed by atoms with Gasteiger partial charge in [0.1, 0.15) is 0 Å². The molecule has 1 aliphatic rings. The van der Waals surface area contributed by atoms with Gasteiger partial charge >= 0.3 is 0 Å². The highest BCUT2D eigenvalue weighted by molar-refractivity contribution is 7.99. The standard InChI is InChI=1S/C8H12N4OS2/c1-9-8-11-10-6(15-8)7(13)12-2-4-14-5-3-12/h2-5H2,1H3,(H,9,11). The van der Waals surface area contributed by atoms with Gasteiger partial charge in [0.05, 0.1) is 0 Å². The van der Waals surface area contributed by atoms with Crippen molar-refractivity contribution >= 4 is 34.1 Å². The van der Waals surface area contributed by atoms with Crippen LogP contribution in [-0.2, 0) is 0 Å². The molecule has 1 fully saturated rings. The van der Waals surface area contributed by atoms with E-state index in [1.807, 2.05) is 16.7 Å². The fourth-order valence-corrected chi connectivity index (χ4v) is 2.88. The van der Waals surface area contributed by atoms with Crippen LogP contribution in [0.2, 0.25) is 0 Å². The number of nitrogens with one attached hydrogen (secondary N) is 1. The van der Waals surface area contributed by atoms with Crippen LogP contribution in [0.3, 0.4) is 0 Å². The second-order valence-corrected chi connectivity index (χ2v) is 5.27. The second-order valence-electron chi connectivity index (χ2n) is 3.07. The van der Waals surface area contributed by atoms with Gasteiger partial charge in [0.15, 0.2) is 0 Å². The molecular weight excluding hydrogens is 232 g/mol. The molecule has 7 heteroatoms. The highest BCUT2D eigenvalue weighted by Gasteiger charge is 2.21. The van der Waals surface area contributed by atoms with Gasteiger partial charge in [0.2, 0.25) is 10.1 Å². The maximum atomic E-state index is 11.9. The van der Waals surface area contributed by atoms with Crippen LogP contribution < -0.4 is 5.32 Å². The molecule has 0 spiro atoms. The highest BCUT2D eigenvalue weighted by atomic mass is 32.2. The van der Waals surface area contributed by atoms with Gasteiger partial charge in [-0.3, -0.25) is 4.79 Å².